The van der Waals surface area contributed by atoms with Crippen LogP contribution in [-0.2, 0) is 41.5 Å². The fourth-order valence-corrected chi connectivity index (χ4v) is 5.00. The van der Waals surface area contributed by atoms with Crippen molar-refractivity contribution in [3.05, 3.63) is 99.9 Å². The fourth-order valence-electron chi connectivity index (χ4n) is 5.00. The standard InChI is InChI=1S/C34H35F3N4O4/c1-5-22-6-7-27(39-19-22)10-11-45-31-16-24-15-29(44-4)8-9-30(24)33(43)41(31)20-23-13-26(34(35,36)37)17-28(14-23)40-32(42)25(18-38)12-21(2)3/h6-9,12-15,17,19,21,31H,5,10-11,16,20H2,1-4H3,(H,40,42). The third kappa shape index (κ3) is 8.48. The van der Waals surface area contributed by atoms with Crippen molar-refractivity contribution >= 4 is 17.5 Å². The van der Waals surface area contributed by atoms with E-state index in [4.69, 9.17) is 9.47 Å². The van der Waals surface area contributed by atoms with E-state index in [1.165, 1.54) is 24.2 Å². The number of allylic oxidation sites excluding steroid dienone is 1. The molecule has 0 aliphatic carbocycles. The van der Waals surface area contributed by atoms with Gasteiger partial charge in [0.15, 0.2) is 0 Å². The summed E-state index contributed by atoms with van der Waals surface area (Å²) in [7, 11) is 1.52. The van der Waals surface area contributed by atoms with Gasteiger partial charge in [0.1, 0.15) is 23.6 Å². The molecule has 3 aromatic rings. The van der Waals surface area contributed by atoms with Gasteiger partial charge >= 0.3 is 6.18 Å². The molecule has 236 valence electrons. The van der Waals surface area contributed by atoms with Crippen molar-refractivity contribution in [3.63, 3.8) is 0 Å². The van der Waals surface area contributed by atoms with Crippen LogP contribution in [0.5, 0.6) is 5.75 Å². The number of nitriles is 1. The smallest absolute Gasteiger partial charge is 0.416 e. The maximum absolute atomic E-state index is 14.0. The van der Waals surface area contributed by atoms with Gasteiger partial charge in [-0.1, -0.05) is 32.9 Å². The molecule has 1 aliphatic heterocycles. The van der Waals surface area contributed by atoms with Crippen molar-refractivity contribution in [1.29, 1.82) is 5.26 Å². The monoisotopic (exact) mass is 620 g/mol. The van der Waals surface area contributed by atoms with E-state index in [9.17, 15) is 28.0 Å². The van der Waals surface area contributed by atoms with Gasteiger partial charge in [0.25, 0.3) is 11.8 Å². The number of carbonyl (C=O) groups excluding carboxylic acids is 2. The molecule has 1 N–H and O–H groups in total. The Morgan fingerprint density at radius 1 is 1.18 bits per heavy atom. The van der Waals surface area contributed by atoms with Gasteiger partial charge in [-0.2, -0.15) is 18.4 Å². The number of hydrogen-bond donors (Lipinski definition) is 1. The van der Waals surface area contributed by atoms with Crippen LogP contribution in [0.2, 0.25) is 0 Å². The van der Waals surface area contributed by atoms with E-state index in [1.54, 1.807) is 44.3 Å². The number of ether oxygens (including phenoxy) is 2. The van der Waals surface area contributed by atoms with Crippen LogP contribution in [0.4, 0.5) is 18.9 Å². The average molecular weight is 621 g/mol. The van der Waals surface area contributed by atoms with Crippen LogP contribution in [-0.4, -0.2) is 41.6 Å². The molecule has 4 rings (SSSR count). The Balaban J connectivity index is 1.64. The van der Waals surface area contributed by atoms with Gasteiger partial charge in [-0.05, 0) is 71.5 Å². The van der Waals surface area contributed by atoms with E-state index < -0.39 is 29.8 Å². The van der Waals surface area contributed by atoms with Crippen molar-refractivity contribution < 1.29 is 32.2 Å². The summed E-state index contributed by atoms with van der Waals surface area (Å²) >= 11 is 0. The van der Waals surface area contributed by atoms with Crippen molar-refractivity contribution in [2.75, 3.05) is 19.0 Å². The van der Waals surface area contributed by atoms with E-state index in [2.05, 4.69) is 10.3 Å². The van der Waals surface area contributed by atoms with Crippen LogP contribution < -0.4 is 10.1 Å². The Morgan fingerprint density at radius 3 is 2.58 bits per heavy atom. The maximum Gasteiger partial charge on any atom is 0.416 e. The van der Waals surface area contributed by atoms with Crippen LogP contribution in [0.25, 0.3) is 0 Å². The first-order chi connectivity index (χ1) is 21.4. The Morgan fingerprint density at radius 2 is 1.96 bits per heavy atom. The highest BCUT2D eigenvalue weighted by atomic mass is 19.4. The molecule has 2 heterocycles. The van der Waals surface area contributed by atoms with Crippen molar-refractivity contribution in [1.82, 2.24) is 9.88 Å². The molecule has 0 saturated heterocycles. The number of aryl methyl sites for hydroxylation is 1. The Bertz CT molecular complexity index is 1610. The fraction of sp³-hybridized carbons (Fsp3) is 0.353. The number of hydrogen-bond acceptors (Lipinski definition) is 6. The SMILES string of the molecule is CCc1ccc(CCOC2Cc3cc(OC)ccc3C(=O)N2Cc2cc(NC(=O)C(C#N)=CC(C)C)cc(C(F)(F)F)c2)nc1. The molecule has 2 aromatic carbocycles. The second-order valence-corrected chi connectivity index (χ2v) is 11.1. The highest BCUT2D eigenvalue weighted by Crippen LogP contribution is 2.34. The van der Waals surface area contributed by atoms with E-state index in [0.29, 0.717) is 23.3 Å². The molecule has 1 unspecified atom stereocenters. The molecule has 2 amide bonds. The summed E-state index contributed by atoms with van der Waals surface area (Å²) in [4.78, 5) is 32.3. The average Bonchev–Trinajstić information content (AvgIpc) is 3.01. The van der Waals surface area contributed by atoms with Crippen LogP contribution >= 0.6 is 0 Å². The van der Waals surface area contributed by atoms with Crippen LogP contribution in [0, 0.1) is 17.2 Å². The summed E-state index contributed by atoms with van der Waals surface area (Å²) in [5, 5.41) is 11.8. The van der Waals surface area contributed by atoms with Crippen molar-refractivity contribution in [2.24, 2.45) is 5.92 Å². The van der Waals surface area contributed by atoms with Crippen LogP contribution in [0.1, 0.15) is 59.1 Å². The third-order valence-electron chi connectivity index (χ3n) is 7.30. The summed E-state index contributed by atoms with van der Waals surface area (Å²) in [5.74, 6) is -0.798. The predicted octanol–water partition coefficient (Wildman–Crippen LogP) is 6.50. The molecular formula is C34H35F3N4O4. The summed E-state index contributed by atoms with van der Waals surface area (Å²) in [5.41, 5.74) is 1.76. The molecule has 1 aliphatic rings. The third-order valence-corrected chi connectivity index (χ3v) is 7.30. The zero-order valence-corrected chi connectivity index (χ0v) is 25.6. The second-order valence-electron chi connectivity index (χ2n) is 11.1. The van der Waals surface area contributed by atoms with Gasteiger partial charge in [-0.15, -0.1) is 0 Å². The Labute approximate surface area is 260 Å². The number of aromatic nitrogens is 1. The second kappa shape index (κ2) is 14.4. The zero-order valence-electron chi connectivity index (χ0n) is 25.6. The van der Waals surface area contributed by atoms with E-state index in [1.807, 2.05) is 19.1 Å². The number of carbonyl (C=O) groups is 2. The highest BCUT2D eigenvalue weighted by Gasteiger charge is 2.35. The number of fused-ring (bicyclic) bond motifs is 1. The number of benzene rings is 2. The van der Waals surface area contributed by atoms with Crippen molar-refractivity contribution in [3.8, 4) is 11.8 Å². The lowest BCUT2D eigenvalue weighted by Crippen LogP contribution is -2.47. The molecule has 0 bridgehead atoms. The lowest BCUT2D eigenvalue weighted by atomic mass is 9.96. The van der Waals surface area contributed by atoms with Crippen molar-refractivity contribution in [2.45, 2.75) is 59.0 Å². The molecule has 45 heavy (non-hydrogen) atoms. The molecular weight excluding hydrogens is 585 g/mol. The number of pyridine rings is 1. The first kappa shape index (κ1) is 33.2. The lowest BCUT2D eigenvalue weighted by molar-refractivity contribution is -0.137. The summed E-state index contributed by atoms with van der Waals surface area (Å²) in [6.07, 6.45) is -0.673. The molecule has 0 radical (unpaired) electrons. The van der Waals surface area contributed by atoms with E-state index in [-0.39, 0.29) is 42.3 Å². The number of amides is 2. The first-order valence-electron chi connectivity index (χ1n) is 14.6. The van der Waals surface area contributed by atoms with Gasteiger partial charge in [-0.25, -0.2) is 0 Å². The number of nitrogens with zero attached hydrogens (tertiary/aromatic N) is 3. The highest BCUT2D eigenvalue weighted by molar-refractivity contribution is 6.06. The van der Waals surface area contributed by atoms with Gasteiger partial charge in [0.05, 0.1) is 19.3 Å². The van der Waals surface area contributed by atoms with E-state index in [0.717, 1.165) is 29.8 Å². The molecule has 1 aromatic heterocycles. The minimum atomic E-state index is -4.73. The number of anilines is 1. The van der Waals surface area contributed by atoms with Gasteiger partial charge in [0.2, 0.25) is 0 Å². The normalized spacial score (nSPS) is 15.1. The Kier molecular flexibility index (Phi) is 10.6. The van der Waals surface area contributed by atoms with Crippen LogP contribution in [0.15, 0.2) is 66.4 Å². The zero-order chi connectivity index (χ0) is 32.7. The minimum Gasteiger partial charge on any atom is -0.497 e. The quantitative estimate of drug-likeness (QED) is 0.194. The number of methoxy groups -OCH3 is 1. The maximum atomic E-state index is 14.0. The Hall–Kier alpha value is -4.69. The number of alkyl halides is 3. The number of nitrogens with one attached hydrogen (secondary N) is 1. The largest absolute Gasteiger partial charge is 0.497 e. The molecule has 1 atom stereocenters. The van der Waals surface area contributed by atoms with Gasteiger partial charge in [-0.3, -0.25) is 14.6 Å². The number of rotatable bonds is 11. The first-order valence-corrected chi connectivity index (χ1v) is 14.6. The molecule has 0 fully saturated rings. The molecule has 8 nitrogen and oxygen atoms in total. The lowest BCUT2D eigenvalue weighted by Gasteiger charge is -2.37. The van der Waals surface area contributed by atoms with Gasteiger partial charge in [0, 0.05) is 42.5 Å². The number of halogens is 3. The molecule has 0 spiro atoms. The molecule has 0 saturated carbocycles. The minimum absolute atomic E-state index is 0.126. The summed E-state index contributed by atoms with van der Waals surface area (Å²) < 4.78 is 53.4. The van der Waals surface area contributed by atoms with Crippen LogP contribution in [0.3, 0.4) is 0 Å². The van der Waals surface area contributed by atoms with E-state index >= 15 is 0 Å². The summed E-state index contributed by atoms with van der Waals surface area (Å²) in [6.45, 7) is 5.57. The van der Waals surface area contributed by atoms with Gasteiger partial charge < -0.3 is 19.7 Å². The topological polar surface area (TPSA) is 105 Å². The predicted molar refractivity (Wildman–Crippen MR) is 162 cm³/mol. The summed E-state index contributed by atoms with van der Waals surface area (Å²) in [6, 6.07) is 13.8. The molecule has 11 heteroatoms.